The number of fused-ring (bicyclic) bond motifs is 1. The lowest BCUT2D eigenvalue weighted by molar-refractivity contribution is -0.155. The fourth-order valence-corrected chi connectivity index (χ4v) is 3.65. The predicted molar refractivity (Wildman–Crippen MR) is 134 cm³/mol. The number of rotatable bonds is 8. The van der Waals surface area contributed by atoms with Gasteiger partial charge in [0.15, 0.2) is 5.69 Å². The summed E-state index contributed by atoms with van der Waals surface area (Å²) in [5.41, 5.74) is 3.23. The minimum Gasteiger partial charge on any atom is -0.462 e. The van der Waals surface area contributed by atoms with Crippen LogP contribution in [0.15, 0.2) is 66.7 Å². The Kier molecular flexibility index (Phi) is 6.96. The Balaban J connectivity index is 1.63. The van der Waals surface area contributed by atoms with Crippen LogP contribution in [0, 0.1) is 12.3 Å². The minimum atomic E-state index is -0.599. The molecular formula is C28H29N3O4. The van der Waals surface area contributed by atoms with Crippen LogP contribution in [-0.4, -0.2) is 39.9 Å². The quantitative estimate of drug-likeness (QED) is 0.248. The van der Waals surface area contributed by atoms with Crippen molar-refractivity contribution >= 4 is 22.8 Å². The number of aromatic nitrogens is 3. The molecule has 0 N–H and O–H groups in total. The van der Waals surface area contributed by atoms with Crippen molar-refractivity contribution in [3.63, 3.8) is 0 Å². The molecule has 7 nitrogen and oxygen atoms in total. The Morgan fingerprint density at radius 1 is 0.914 bits per heavy atom. The summed E-state index contributed by atoms with van der Waals surface area (Å²) in [5, 5.41) is 5.60. The van der Waals surface area contributed by atoms with Gasteiger partial charge in [0.1, 0.15) is 13.2 Å². The van der Waals surface area contributed by atoms with Gasteiger partial charge < -0.3 is 9.47 Å². The number of para-hydroxylation sites is 2. The highest BCUT2D eigenvalue weighted by Gasteiger charge is 2.28. The topological polar surface area (TPSA) is 83.3 Å². The Bertz CT molecular complexity index is 1360. The first-order chi connectivity index (χ1) is 16.8. The Hall–Kier alpha value is -4.00. The second-order valence-corrected chi connectivity index (χ2v) is 8.95. The van der Waals surface area contributed by atoms with Crippen LogP contribution in [-0.2, 0) is 14.3 Å². The third-order valence-corrected chi connectivity index (χ3v) is 6.15. The zero-order valence-electron chi connectivity index (χ0n) is 20.4. The normalized spacial score (nSPS) is 11.4. The van der Waals surface area contributed by atoms with E-state index in [1.165, 1.54) is 0 Å². The first kappa shape index (κ1) is 24.1. The maximum Gasteiger partial charge on any atom is 0.359 e. The number of pyridine rings is 1. The lowest BCUT2D eigenvalue weighted by Crippen LogP contribution is -2.27. The molecule has 180 valence electrons. The van der Waals surface area contributed by atoms with Crippen LogP contribution in [0.25, 0.3) is 27.8 Å². The second kappa shape index (κ2) is 10.1. The van der Waals surface area contributed by atoms with Gasteiger partial charge in [-0.05, 0) is 51.5 Å². The first-order valence-electron chi connectivity index (χ1n) is 11.7. The summed E-state index contributed by atoms with van der Waals surface area (Å²) in [7, 11) is 0. The molecule has 0 aliphatic carbocycles. The summed E-state index contributed by atoms with van der Waals surface area (Å²) < 4.78 is 12.5. The van der Waals surface area contributed by atoms with Crippen molar-refractivity contribution in [2.75, 3.05) is 13.2 Å². The van der Waals surface area contributed by atoms with Crippen LogP contribution in [0.5, 0.6) is 0 Å². The van der Waals surface area contributed by atoms with E-state index in [1.807, 2.05) is 94.4 Å². The zero-order chi connectivity index (χ0) is 25.0. The molecule has 4 rings (SSSR count). The summed E-state index contributed by atoms with van der Waals surface area (Å²) in [6.45, 7) is 7.39. The maximum absolute atomic E-state index is 13.1. The number of hydrogen-bond acceptors (Lipinski definition) is 6. The van der Waals surface area contributed by atoms with Crippen molar-refractivity contribution in [3.05, 3.63) is 78.1 Å². The van der Waals surface area contributed by atoms with E-state index < -0.39 is 11.4 Å². The van der Waals surface area contributed by atoms with Crippen molar-refractivity contribution in [2.45, 2.75) is 34.1 Å². The smallest absolute Gasteiger partial charge is 0.359 e. The predicted octanol–water partition coefficient (Wildman–Crippen LogP) is 5.53. The van der Waals surface area contributed by atoms with E-state index in [-0.39, 0.29) is 24.9 Å². The lowest BCUT2D eigenvalue weighted by atomic mass is 9.91. The number of esters is 2. The van der Waals surface area contributed by atoms with Crippen LogP contribution in [0.1, 0.15) is 43.4 Å². The van der Waals surface area contributed by atoms with Crippen LogP contribution in [0.3, 0.4) is 0 Å². The highest BCUT2D eigenvalue weighted by molar-refractivity contribution is 5.96. The van der Waals surface area contributed by atoms with E-state index in [0.29, 0.717) is 17.7 Å². The van der Waals surface area contributed by atoms with Gasteiger partial charge in [0.05, 0.1) is 33.6 Å². The maximum atomic E-state index is 13.1. The number of ether oxygens (including phenoxy) is 2. The number of nitrogens with zero attached hydrogens (tertiary/aromatic N) is 3. The molecule has 2 heterocycles. The molecule has 0 fully saturated rings. The lowest BCUT2D eigenvalue weighted by Gasteiger charge is -2.20. The largest absolute Gasteiger partial charge is 0.462 e. The Morgan fingerprint density at radius 2 is 1.60 bits per heavy atom. The molecule has 35 heavy (non-hydrogen) atoms. The number of hydrogen-bond donors (Lipinski definition) is 0. The average Bonchev–Trinajstić information content (AvgIpc) is 3.23. The third-order valence-electron chi connectivity index (χ3n) is 6.15. The van der Waals surface area contributed by atoms with E-state index >= 15 is 0 Å². The molecule has 0 amide bonds. The molecule has 4 aromatic rings. The molecule has 0 bridgehead atoms. The van der Waals surface area contributed by atoms with Gasteiger partial charge in [-0.15, -0.1) is 0 Å². The van der Waals surface area contributed by atoms with Crippen molar-refractivity contribution in [1.29, 1.82) is 0 Å². The van der Waals surface area contributed by atoms with Crippen molar-refractivity contribution in [3.8, 4) is 16.9 Å². The van der Waals surface area contributed by atoms with E-state index in [4.69, 9.17) is 14.5 Å². The molecule has 0 aliphatic rings. The molecule has 7 heteroatoms. The summed E-state index contributed by atoms with van der Waals surface area (Å²) in [6.07, 6.45) is 0.657. The SMILES string of the molecule is CCC(C)(C)C(=O)OCCOC(=O)c1nn(-c2ccccc2)c(C)c1-c1ccc2ccccc2n1. The Morgan fingerprint density at radius 3 is 2.34 bits per heavy atom. The molecule has 0 saturated carbocycles. The summed E-state index contributed by atoms with van der Waals surface area (Å²) in [6, 6.07) is 21.2. The number of carbonyl (C=O) groups excluding carboxylic acids is 2. The van der Waals surface area contributed by atoms with Gasteiger partial charge >= 0.3 is 11.9 Å². The highest BCUT2D eigenvalue weighted by atomic mass is 16.6. The number of benzene rings is 2. The van der Waals surface area contributed by atoms with Gasteiger partial charge in [0, 0.05) is 5.39 Å². The molecular weight excluding hydrogens is 442 g/mol. The summed E-state index contributed by atoms with van der Waals surface area (Å²) in [5.74, 6) is -0.917. The van der Waals surface area contributed by atoms with Gasteiger partial charge in [-0.3, -0.25) is 4.79 Å². The molecule has 2 aromatic heterocycles. The van der Waals surface area contributed by atoms with Gasteiger partial charge in [0.25, 0.3) is 0 Å². The van der Waals surface area contributed by atoms with Crippen molar-refractivity contribution < 1.29 is 19.1 Å². The van der Waals surface area contributed by atoms with Gasteiger partial charge in [-0.25, -0.2) is 14.5 Å². The zero-order valence-corrected chi connectivity index (χ0v) is 20.4. The van der Waals surface area contributed by atoms with E-state index in [0.717, 1.165) is 22.3 Å². The minimum absolute atomic E-state index is 0.0179. The third kappa shape index (κ3) is 5.09. The standard InChI is InChI=1S/C28H29N3O4/c1-5-28(3,4)27(33)35-18-17-34-26(32)25-24(19(2)31(30-25)21-12-7-6-8-13-21)23-16-15-20-11-9-10-14-22(20)29-23/h6-16H,5,17-18H2,1-4H3. The van der Waals surface area contributed by atoms with Crippen molar-refractivity contribution in [2.24, 2.45) is 5.41 Å². The van der Waals surface area contributed by atoms with E-state index in [9.17, 15) is 9.59 Å². The molecule has 2 aromatic carbocycles. The van der Waals surface area contributed by atoms with Crippen LogP contribution < -0.4 is 0 Å². The molecule has 0 spiro atoms. The van der Waals surface area contributed by atoms with Gasteiger partial charge in [0.2, 0.25) is 0 Å². The first-order valence-corrected chi connectivity index (χ1v) is 11.7. The summed E-state index contributed by atoms with van der Waals surface area (Å²) in [4.78, 5) is 30.1. The van der Waals surface area contributed by atoms with Gasteiger partial charge in [-0.2, -0.15) is 5.10 Å². The Labute approximate surface area is 204 Å². The van der Waals surface area contributed by atoms with Crippen LogP contribution in [0.2, 0.25) is 0 Å². The number of carbonyl (C=O) groups is 2. The molecule has 0 radical (unpaired) electrons. The summed E-state index contributed by atoms with van der Waals surface area (Å²) >= 11 is 0. The molecule has 0 saturated heterocycles. The molecule has 0 aliphatic heterocycles. The van der Waals surface area contributed by atoms with E-state index in [2.05, 4.69) is 5.10 Å². The van der Waals surface area contributed by atoms with E-state index in [1.54, 1.807) is 4.68 Å². The van der Waals surface area contributed by atoms with Gasteiger partial charge in [-0.1, -0.05) is 49.4 Å². The molecule has 0 unspecified atom stereocenters. The molecule has 0 atom stereocenters. The van der Waals surface area contributed by atoms with Crippen molar-refractivity contribution in [1.82, 2.24) is 14.8 Å². The highest BCUT2D eigenvalue weighted by Crippen LogP contribution is 2.30. The van der Waals surface area contributed by atoms with Crippen LogP contribution >= 0.6 is 0 Å². The van der Waals surface area contributed by atoms with Crippen LogP contribution in [0.4, 0.5) is 0 Å². The average molecular weight is 472 g/mol. The monoisotopic (exact) mass is 471 g/mol. The fraction of sp³-hybridized carbons (Fsp3) is 0.286. The second-order valence-electron chi connectivity index (χ2n) is 8.95. The fourth-order valence-electron chi connectivity index (χ4n) is 3.65.